The van der Waals surface area contributed by atoms with Gasteiger partial charge < -0.3 is 15.3 Å². The van der Waals surface area contributed by atoms with E-state index in [1.54, 1.807) is 0 Å². The molecular formula is C14H16N2O4S. The minimum Gasteiger partial charge on any atom is -0.480 e. The lowest BCUT2D eigenvalue weighted by Gasteiger charge is -2.18. The molecule has 1 aromatic rings. The zero-order valence-electron chi connectivity index (χ0n) is 11.3. The van der Waals surface area contributed by atoms with Gasteiger partial charge in [-0.2, -0.15) is 0 Å². The molecule has 1 aromatic carbocycles. The van der Waals surface area contributed by atoms with Gasteiger partial charge in [0, 0.05) is 18.7 Å². The fraction of sp³-hybridized carbons (Fsp3) is 0.357. The van der Waals surface area contributed by atoms with E-state index in [0.717, 1.165) is 5.56 Å². The Morgan fingerprint density at radius 1 is 1.33 bits per heavy atom. The van der Waals surface area contributed by atoms with Crippen LogP contribution in [0.4, 0.5) is 4.79 Å². The standard InChI is InChI=1S/C14H16N2O4S/c17-12(9-16-6-7-21-14(16)20)15-11(13(18)19)8-10-4-2-1-3-5-10/h1-5,11H,6-9H2,(H,15,17)(H,18,19)/t11-/m0/s1. The number of carbonyl (C=O) groups is 3. The molecule has 21 heavy (non-hydrogen) atoms. The predicted octanol–water partition coefficient (Wildman–Crippen LogP) is 0.967. The summed E-state index contributed by atoms with van der Waals surface area (Å²) in [6, 6.07) is 8.09. The molecule has 0 bridgehead atoms. The van der Waals surface area contributed by atoms with E-state index in [2.05, 4.69) is 5.32 Å². The summed E-state index contributed by atoms with van der Waals surface area (Å²) in [5, 5.41) is 11.5. The summed E-state index contributed by atoms with van der Waals surface area (Å²) in [5.41, 5.74) is 0.831. The van der Waals surface area contributed by atoms with Gasteiger partial charge >= 0.3 is 5.97 Å². The molecule has 0 aromatic heterocycles. The van der Waals surface area contributed by atoms with Crippen LogP contribution in [0.15, 0.2) is 30.3 Å². The topological polar surface area (TPSA) is 86.7 Å². The maximum absolute atomic E-state index is 11.9. The lowest BCUT2D eigenvalue weighted by molar-refractivity contribution is -0.141. The van der Waals surface area contributed by atoms with Crippen molar-refractivity contribution >= 4 is 28.9 Å². The summed E-state index contributed by atoms with van der Waals surface area (Å²) in [6.07, 6.45) is 0.213. The monoisotopic (exact) mass is 308 g/mol. The third-order valence-electron chi connectivity index (χ3n) is 3.10. The van der Waals surface area contributed by atoms with Crippen LogP contribution in [0.2, 0.25) is 0 Å². The number of amides is 2. The first-order chi connectivity index (χ1) is 10.1. The maximum atomic E-state index is 11.9. The van der Waals surface area contributed by atoms with Gasteiger partial charge in [-0.15, -0.1) is 0 Å². The number of carbonyl (C=O) groups excluding carboxylic acids is 2. The van der Waals surface area contributed by atoms with Gasteiger partial charge in [-0.3, -0.25) is 9.59 Å². The lowest BCUT2D eigenvalue weighted by Crippen LogP contribution is -2.46. The summed E-state index contributed by atoms with van der Waals surface area (Å²) in [4.78, 5) is 35.9. The van der Waals surface area contributed by atoms with E-state index >= 15 is 0 Å². The van der Waals surface area contributed by atoms with Gasteiger partial charge in [-0.25, -0.2) is 4.79 Å². The fourth-order valence-electron chi connectivity index (χ4n) is 2.03. The van der Waals surface area contributed by atoms with E-state index in [0.29, 0.717) is 12.3 Å². The molecule has 0 spiro atoms. The smallest absolute Gasteiger partial charge is 0.326 e. The second kappa shape index (κ2) is 7.12. The number of aliphatic carboxylic acids is 1. The fourth-order valence-corrected chi connectivity index (χ4v) is 2.86. The van der Waals surface area contributed by atoms with Crippen molar-refractivity contribution in [3.63, 3.8) is 0 Å². The molecule has 6 nitrogen and oxygen atoms in total. The zero-order chi connectivity index (χ0) is 15.2. The van der Waals surface area contributed by atoms with E-state index in [9.17, 15) is 19.5 Å². The Labute approximate surface area is 126 Å². The number of carboxylic acid groups (broad SMARTS) is 1. The molecule has 1 aliphatic rings. The minimum absolute atomic E-state index is 0.0929. The highest BCUT2D eigenvalue weighted by Crippen LogP contribution is 2.16. The van der Waals surface area contributed by atoms with Crippen LogP contribution < -0.4 is 5.32 Å². The first-order valence-electron chi connectivity index (χ1n) is 6.54. The van der Waals surface area contributed by atoms with E-state index in [1.807, 2.05) is 30.3 Å². The number of hydrogen-bond acceptors (Lipinski definition) is 4. The van der Waals surface area contributed by atoms with Crippen molar-refractivity contribution in [3.8, 4) is 0 Å². The molecule has 2 N–H and O–H groups in total. The SMILES string of the molecule is O=C(CN1CCSC1=O)N[C@@H](Cc1ccccc1)C(=O)O. The Kier molecular flexibility index (Phi) is 5.21. The van der Waals surface area contributed by atoms with Gasteiger partial charge in [0.25, 0.3) is 5.24 Å². The number of benzene rings is 1. The Hall–Kier alpha value is -2.02. The number of nitrogens with one attached hydrogen (secondary N) is 1. The second-order valence-electron chi connectivity index (χ2n) is 4.68. The van der Waals surface area contributed by atoms with Crippen molar-refractivity contribution in [1.82, 2.24) is 10.2 Å². The van der Waals surface area contributed by atoms with Gasteiger partial charge in [0.15, 0.2) is 0 Å². The van der Waals surface area contributed by atoms with Crippen LogP contribution in [-0.2, 0) is 16.0 Å². The lowest BCUT2D eigenvalue weighted by atomic mass is 10.1. The highest BCUT2D eigenvalue weighted by Gasteiger charge is 2.26. The maximum Gasteiger partial charge on any atom is 0.326 e. The molecule has 1 heterocycles. The Bertz CT molecular complexity index is 535. The van der Waals surface area contributed by atoms with Crippen molar-refractivity contribution in [2.24, 2.45) is 0 Å². The molecule has 7 heteroatoms. The quantitative estimate of drug-likeness (QED) is 0.817. The van der Waals surface area contributed by atoms with Crippen molar-refractivity contribution in [1.29, 1.82) is 0 Å². The normalized spacial score (nSPS) is 15.8. The number of rotatable bonds is 6. The molecule has 1 saturated heterocycles. The van der Waals surface area contributed by atoms with E-state index in [1.165, 1.54) is 16.7 Å². The first-order valence-corrected chi connectivity index (χ1v) is 7.52. The largest absolute Gasteiger partial charge is 0.480 e. The van der Waals surface area contributed by atoms with Gasteiger partial charge in [-0.1, -0.05) is 42.1 Å². The molecule has 2 rings (SSSR count). The third kappa shape index (κ3) is 4.49. The minimum atomic E-state index is -1.09. The highest BCUT2D eigenvalue weighted by molar-refractivity contribution is 8.13. The summed E-state index contributed by atoms with van der Waals surface area (Å²) in [6.45, 7) is 0.428. The average molecular weight is 308 g/mol. The molecule has 2 amide bonds. The summed E-state index contributed by atoms with van der Waals surface area (Å²) in [5.74, 6) is -0.873. The van der Waals surface area contributed by atoms with E-state index in [-0.39, 0.29) is 18.2 Å². The molecule has 1 atom stereocenters. The number of carboxylic acids is 1. The van der Waals surface area contributed by atoms with E-state index in [4.69, 9.17) is 0 Å². The molecule has 1 aliphatic heterocycles. The number of hydrogen-bond donors (Lipinski definition) is 2. The number of nitrogens with zero attached hydrogens (tertiary/aromatic N) is 1. The van der Waals surface area contributed by atoms with Crippen molar-refractivity contribution in [2.45, 2.75) is 12.5 Å². The number of thioether (sulfide) groups is 1. The van der Waals surface area contributed by atoms with Crippen LogP contribution in [0.25, 0.3) is 0 Å². The summed E-state index contributed by atoms with van der Waals surface area (Å²) in [7, 11) is 0. The van der Waals surface area contributed by atoms with Crippen LogP contribution in [0.1, 0.15) is 5.56 Å². The Balaban J connectivity index is 1.91. The molecule has 0 radical (unpaired) electrons. The van der Waals surface area contributed by atoms with Gasteiger partial charge in [0.05, 0.1) is 0 Å². The van der Waals surface area contributed by atoms with Crippen molar-refractivity contribution in [2.75, 3.05) is 18.8 Å². The van der Waals surface area contributed by atoms with Crippen molar-refractivity contribution < 1.29 is 19.5 Å². The highest BCUT2D eigenvalue weighted by atomic mass is 32.2. The Morgan fingerprint density at radius 3 is 2.62 bits per heavy atom. The third-order valence-corrected chi connectivity index (χ3v) is 3.99. The molecule has 1 fully saturated rings. The second-order valence-corrected chi connectivity index (χ2v) is 5.73. The van der Waals surface area contributed by atoms with Crippen molar-refractivity contribution in [3.05, 3.63) is 35.9 Å². The zero-order valence-corrected chi connectivity index (χ0v) is 12.1. The molecule has 112 valence electrons. The predicted molar refractivity (Wildman–Crippen MR) is 79.1 cm³/mol. The molecular weight excluding hydrogens is 292 g/mol. The summed E-state index contributed by atoms with van der Waals surface area (Å²) >= 11 is 1.17. The van der Waals surface area contributed by atoms with Gasteiger partial charge in [0.1, 0.15) is 12.6 Å². The van der Waals surface area contributed by atoms with Crippen LogP contribution in [0, 0.1) is 0 Å². The van der Waals surface area contributed by atoms with Crippen LogP contribution in [0.5, 0.6) is 0 Å². The van der Waals surface area contributed by atoms with Crippen LogP contribution in [-0.4, -0.2) is 52.0 Å². The first kappa shape index (κ1) is 15.4. The van der Waals surface area contributed by atoms with Crippen LogP contribution in [0.3, 0.4) is 0 Å². The molecule has 0 unspecified atom stereocenters. The molecule has 0 saturated carbocycles. The molecule has 0 aliphatic carbocycles. The van der Waals surface area contributed by atoms with Gasteiger partial charge in [0.2, 0.25) is 5.91 Å². The summed E-state index contributed by atoms with van der Waals surface area (Å²) < 4.78 is 0. The average Bonchev–Trinajstić information content (AvgIpc) is 2.84. The Morgan fingerprint density at radius 2 is 2.05 bits per heavy atom. The van der Waals surface area contributed by atoms with Crippen LogP contribution >= 0.6 is 11.8 Å². The van der Waals surface area contributed by atoms with Gasteiger partial charge in [-0.05, 0) is 5.56 Å². The van der Waals surface area contributed by atoms with E-state index < -0.39 is 17.9 Å².